The van der Waals surface area contributed by atoms with Gasteiger partial charge in [0.15, 0.2) is 5.82 Å². The van der Waals surface area contributed by atoms with Crippen molar-refractivity contribution in [2.24, 2.45) is 10.8 Å². The molecule has 3 rings (SSSR count). The van der Waals surface area contributed by atoms with Crippen molar-refractivity contribution in [3.63, 3.8) is 0 Å². The maximum Gasteiger partial charge on any atom is 0.184 e. The fraction of sp³-hybridized carbons (Fsp3) is 0.533. The van der Waals surface area contributed by atoms with Crippen LogP contribution in [0.1, 0.15) is 39.3 Å². The van der Waals surface area contributed by atoms with Gasteiger partial charge in [0.1, 0.15) is 0 Å². The highest BCUT2D eigenvalue weighted by molar-refractivity contribution is 5.74. The lowest BCUT2D eigenvalue weighted by molar-refractivity contribution is 0.457. The minimum absolute atomic E-state index is 0.176. The van der Waals surface area contributed by atoms with Crippen molar-refractivity contribution in [1.82, 2.24) is 20.2 Å². The summed E-state index contributed by atoms with van der Waals surface area (Å²) in [5.41, 5.74) is 9.25. The van der Waals surface area contributed by atoms with Gasteiger partial charge in [-0.05, 0) is 39.8 Å². The molecule has 2 aromatic rings. The van der Waals surface area contributed by atoms with Gasteiger partial charge in [-0.3, -0.25) is 0 Å². The molecule has 5 nitrogen and oxygen atoms in total. The van der Waals surface area contributed by atoms with Crippen LogP contribution in [0.3, 0.4) is 0 Å². The van der Waals surface area contributed by atoms with Crippen LogP contribution >= 0.6 is 0 Å². The molecular formula is C15H21N5. The van der Waals surface area contributed by atoms with Crippen molar-refractivity contribution >= 4 is 5.69 Å². The van der Waals surface area contributed by atoms with E-state index in [9.17, 15) is 0 Å². The van der Waals surface area contributed by atoms with Gasteiger partial charge >= 0.3 is 0 Å². The fourth-order valence-corrected chi connectivity index (χ4v) is 3.19. The average molecular weight is 271 g/mol. The van der Waals surface area contributed by atoms with E-state index in [2.05, 4.69) is 43.2 Å². The minimum Gasteiger partial charge on any atom is -0.398 e. The normalized spacial score (nSPS) is 20.1. The summed E-state index contributed by atoms with van der Waals surface area (Å²) in [7, 11) is 0. The number of nitrogen functional groups attached to an aromatic ring is 1. The molecule has 0 aliphatic heterocycles. The molecule has 2 N–H and O–H groups in total. The zero-order valence-corrected chi connectivity index (χ0v) is 12.7. The average Bonchev–Trinajstić information content (AvgIpc) is 2.70. The quantitative estimate of drug-likeness (QED) is 0.853. The number of aryl methyl sites for hydroxylation is 1. The zero-order valence-electron chi connectivity index (χ0n) is 12.7. The number of tetrazole rings is 1. The van der Waals surface area contributed by atoms with Crippen LogP contribution < -0.4 is 5.73 Å². The molecule has 0 saturated heterocycles. The molecule has 106 valence electrons. The number of aromatic nitrogens is 4. The van der Waals surface area contributed by atoms with Crippen LogP contribution in [0, 0.1) is 17.8 Å². The number of benzene rings is 1. The summed E-state index contributed by atoms with van der Waals surface area (Å²) in [5, 5.41) is 12.3. The van der Waals surface area contributed by atoms with Gasteiger partial charge in [-0.15, -0.1) is 5.10 Å². The van der Waals surface area contributed by atoms with E-state index in [0.29, 0.717) is 6.04 Å². The van der Waals surface area contributed by atoms with Crippen LogP contribution in [0.2, 0.25) is 0 Å². The van der Waals surface area contributed by atoms with E-state index in [1.54, 1.807) is 0 Å². The Balaban J connectivity index is 2.11. The van der Waals surface area contributed by atoms with E-state index < -0.39 is 0 Å². The van der Waals surface area contributed by atoms with Crippen molar-refractivity contribution in [2.75, 3.05) is 5.73 Å². The molecule has 1 aromatic carbocycles. The topological polar surface area (TPSA) is 69.6 Å². The van der Waals surface area contributed by atoms with E-state index in [1.165, 1.54) is 0 Å². The lowest BCUT2D eigenvalue weighted by Crippen LogP contribution is -2.07. The van der Waals surface area contributed by atoms with Crippen LogP contribution in [0.5, 0.6) is 0 Å². The smallest absolute Gasteiger partial charge is 0.184 e. The number of para-hydroxylation sites is 1. The Bertz CT molecular complexity index is 655. The van der Waals surface area contributed by atoms with Gasteiger partial charge in [0.25, 0.3) is 0 Å². The van der Waals surface area contributed by atoms with Gasteiger partial charge in [0.2, 0.25) is 0 Å². The molecule has 0 bridgehead atoms. The van der Waals surface area contributed by atoms with Crippen molar-refractivity contribution in [2.45, 2.75) is 40.7 Å². The number of hydrogen-bond acceptors (Lipinski definition) is 4. The van der Waals surface area contributed by atoms with Gasteiger partial charge in [-0.1, -0.05) is 39.8 Å². The lowest BCUT2D eigenvalue weighted by Gasteiger charge is -2.10. The second-order valence-corrected chi connectivity index (χ2v) is 6.83. The van der Waals surface area contributed by atoms with E-state index in [1.807, 2.05) is 29.8 Å². The maximum absolute atomic E-state index is 6.19. The third-order valence-corrected chi connectivity index (χ3v) is 5.25. The van der Waals surface area contributed by atoms with Gasteiger partial charge in [0.05, 0.1) is 6.04 Å². The molecule has 0 amide bonds. The largest absolute Gasteiger partial charge is 0.398 e. The fourth-order valence-electron chi connectivity index (χ4n) is 3.19. The summed E-state index contributed by atoms with van der Waals surface area (Å²) < 4.78 is 1.94. The summed E-state index contributed by atoms with van der Waals surface area (Å²) in [6.45, 7) is 11.0. The van der Waals surface area contributed by atoms with Crippen molar-refractivity contribution in [3.05, 3.63) is 23.8 Å². The molecule has 0 spiro atoms. The highest BCUT2D eigenvalue weighted by Crippen LogP contribution is 2.71. The number of rotatable bonds is 2. The van der Waals surface area contributed by atoms with E-state index >= 15 is 0 Å². The van der Waals surface area contributed by atoms with Gasteiger partial charge in [-0.2, -0.15) is 0 Å². The molecule has 1 saturated carbocycles. The SMILES string of the molecule is Cc1cccc(-c2nnnn2C2C(C)(C)C2(C)C)c1N. The first kappa shape index (κ1) is 13.1. The molecule has 0 unspecified atom stereocenters. The Morgan fingerprint density at radius 3 is 2.40 bits per heavy atom. The molecular weight excluding hydrogens is 250 g/mol. The van der Waals surface area contributed by atoms with Crippen LogP contribution in [0.4, 0.5) is 5.69 Å². The number of anilines is 1. The molecule has 1 aromatic heterocycles. The maximum atomic E-state index is 6.19. The van der Waals surface area contributed by atoms with Crippen LogP contribution in [0.15, 0.2) is 18.2 Å². The Hall–Kier alpha value is -1.91. The zero-order chi connectivity index (χ0) is 14.7. The highest BCUT2D eigenvalue weighted by atomic mass is 15.6. The number of hydrogen-bond donors (Lipinski definition) is 1. The summed E-state index contributed by atoms with van der Waals surface area (Å²) in [5.74, 6) is 0.759. The third-order valence-electron chi connectivity index (χ3n) is 5.25. The lowest BCUT2D eigenvalue weighted by atomic mass is 10.0. The highest BCUT2D eigenvalue weighted by Gasteiger charge is 2.67. The standard InChI is InChI=1S/C15H21N5/c1-9-7-6-8-10(11(9)16)12-17-18-19-20(12)13-14(2,3)15(13,4)5/h6-8,13H,16H2,1-5H3. The Labute approximate surface area is 119 Å². The van der Waals surface area contributed by atoms with Crippen LogP contribution in [-0.4, -0.2) is 20.2 Å². The molecule has 5 heteroatoms. The Morgan fingerprint density at radius 2 is 1.80 bits per heavy atom. The van der Waals surface area contributed by atoms with E-state index in [-0.39, 0.29) is 10.8 Å². The van der Waals surface area contributed by atoms with E-state index in [0.717, 1.165) is 22.6 Å². The number of nitrogens with two attached hydrogens (primary N) is 1. The molecule has 1 aliphatic carbocycles. The van der Waals surface area contributed by atoms with Crippen molar-refractivity contribution < 1.29 is 0 Å². The predicted molar refractivity (Wildman–Crippen MR) is 79.0 cm³/mol. The van der Waals surface area contributed by atoms with Crippen molar-refractivity contribution in [1.29, 1.82) is 0 Å². The predicted octanol–water partition coefficient (Wildman–Crippen LogP) is 2.84. The van der Waals surface area contributed by atoms with Crippen LogP contribution in [0.25, 0.3) is 11.4 Å². The first-order chi connectivity index (χ1) is 9.28. The first-order valence-corrected chi connectivity index (χ1v) is 6.92. The minimum atomic E-state index is 0.176. The van der Waals surface area contributed by atoms with Gasteiger partial charge in [0, 0.05) is 11.3 Å². The molecule has 20 heavy (non-hydrogen) atoms. The molecule has 1 aliphatic rings. The van der Waals surface area contributed by atoms with Gasteiger partial charge < -0.3 is 5.73 Å². The molecule has 0 radical (unpaired) electrons. The monoisotopic (exact) mass is 271 g/mol. The first-order valence-electron chi connectivity index (χ1n) is 6.92. The van der Waals surface area contributed by atoms with E-state index in [4.69, 9.17) is 5.73 Å². The number of nitrogens with zero attached hydrogens (tertiary/aromatic N) is 4. The summed E-state index contributed by atoms with van der Waals surface area (Å²) >= 11 is 0. The summed E-state index contributed by atoms with van der Waals surface area (Å²) in [6.07, 6.45) is 0. The Kier molecular flexibility index (Phi) is 2.49. The van der Waals surface area contributed by atoms with Crippen LogP contribution in [-0.2, 0) is 0 Å². The molecule has 0 atom stereocenters. The summed E-state index contributed by atoms with van der Waals surface area (Å²) in [4.78, 5) is 0. The van der Waals surface area contributed by atoms with Crippen molar-refractivity contribution in [3.8, 4) is 11.4 Å². The molecule has 1 fully saturated rings. The second kappa shape index (κ2) is 3.81. The third kappa shape index (κ3) is 1.52. The molecule has 1 heterocycles. The van der Waals surface area contributed by atoms with Gasteiger partial charge in [-0.25, -0.2) is 4.68 Å². The second-order valence-electron chi connectivity index (χ2n) is 6.83. The summed E-state index contributed by atoms with van der Waals surface area (Å²) in [6, 6.07) is 6.26. The Morgan fingerprint density at radius 1 is 1.15 bits per heavy atom.